The summed E-state index contributed by atoms with van der Waals surface area (Å²) in [5.41, 5.74) is 0. The van der Waals surface area contributed by atoms with Gasteiger partial charge in [-0.3, -0.25) is 24.0 Å². The maximum absolute atomic E-state index is 13.4. The molecule has 0 aromatic carbocycles. The Hall–Kier alpha value is -4.65. The molecule has 0 spiro atoms. The lowest BCUT2D eigenvalue weighted by Crippen LogP contribution is -2.71. The number of aliphatic hydroxyl groups is 29. The average Bonchev–Trinajstić information content (AvgIpc) is 0.746. The molecule has 786 valence electrons. The maximum Gasteiger partial charge on any atom is 0.217 e. The summed E-state index contributed by atoms with van der Waals surface area (Å²) in [5.74, 6) is -4.87. The Balaban J connectivity index is 0.984. The van der Waals surface area contributed by atoms with Crippen molar-refractivity contribution in [2.75, 3.05) is 66.1 Å². The largest absolute Gasteiger partial charge is 0.394 e. The summed E-state index contributed by atoms with van der Waals surface area (Å²) in [6.07, 6.45) is -107. The van der Waals surface area contributed by atoms with Crippen molar-refractivity contribution in [1.82, 2.24) is 26.6 Å². The maximum atomic E-state index is 13.4. The Morgan fingerprint density at radius 1 is 0.206 bits per heavy atom. The Labute approximate surface area is 770 Å². The van der Waals surface area contributed by atoms with Gasteiger partial charge in [0.05, 0.1) is 72.2 Å². The highest BCUT2D eigenvalue weighted by molar-refractivity contribution is 5.75. The fourth-order valence-electron chi connectivity index (χ4n) is 17.7. The van der Waals surface area contributed by atoms with E-state index in [0.29, 0.717) is 0 Å². The summed E-state index contributed by atoms with van der Waals surface area (Å²) in [5, 5.41) is 339. The molecule has 34 N–H and O–H groups in total. The third kappa shape index (κ3) is 24.8. The van der Waals surface area contributed by atoms with E-state index < -0.39 is 433 Å². The first kappa shape index (κ1) is 112. The lowest BCUT2D eigenvalue weighted by molar-refractivity contribution is -0.406. The van der Waals surface area contributed by atoms with Crippen molar-refractivity contribution in [3.63, 3.8) is 0 Å². The van der Waals surface area contributed by atoms with E-state index in [1.807, 2.05) is 0 Å². The molecule has 136 heavy (non-hydrogen) atoms. The first-order chi connectivity index (χ1) is 64.3. The predicted octanol–water partition coefficient (Wildman–Crippen LogP) is -23.2. The molecule has 11 aliphatic heterocycles. The van der Waals surface area contributed by atoms with Gasteiger partial charge in [0, 0.05) is 34.6 Å². The molecular formula is C76H127N5O55. The molecule has 0 radical (unpaired) electrons. The van der Waals surface area contributed by atoms with Crippen molar-refractivity contribution in [1.29, 1.82) is 0 Å². The lowest BCUT2D eigenvalue weighted by atomic mass is 9.93. The number of carbonyl (C=O) groups is 5. The number of ether oxygens (including phenoxy) is 21. The number of hydrogen-bond donors (Lipinski definition) is 34. The van der Waals surface area contributed by atoms with Gasteiger partial charge >= 0.3 is 0 Å². The molecule has 0 aromatic heterocycles. The molecule has 11 saturated heterocycles. The van der Waals surface area contributed by atoms with E-state index in [9.17, 15) is 172 Å². The number of hydrogen-bond acceptors (Lipinski definition) is 55. The van der Waals surface area contributed by atoms with Crippen LogP contribution in [0.15, 0.2) is 0 Å². The van der Waals surface area contributed by atoms with Crippen LogP contribution in [0.4, 0.5) is 0 Å². The average molecular weight is 1990 g/mol. The Bertz CT molecular complexity index is 3760. The zero-order valence-electron chi connectivity index (χ0n) is 73.4. The molecule has 60 nitrogen and oxygen atoms in total. The number of rotatable bonds is 35. The molecular weight excluding hydrogens is 1860 g/mol. The van der Waals surface area contributed by atoms with Crippen molar-refractivity contribution in [2.24, 2.45) is 0 Å². The third-order valence-corrected chi connectivity index (χ3v) is 24.9. The molecule has 11 rings (SSSR count). The van der Waals surface area contributed by atoms with Crippen LogP contribution in [0.2, 0.25) is 0 Å². The van der Waals surface area contributed by atoms with Gasteiger partial charge in [0.15, 0.2) is 69.2 Å². The van der Waals surface area contributed by atoms with Gasteiger partial charge in [-0.2, -0.15) is 0 Å². The SMILES string of the molecule is CC(=O)N[C@@H]1[C@@H](O)[C@H](O[C@@H]2O[C@H](CO)[C@@H](O[C@@H]3O[C@H](CO[C@H]4O[C@H](CO)[C@@H](O)[C@H](O)[C@@H]4O[C@@H]4O[C@H](CO)[C@@H](O)[C@H](O)[C@H]4NC(C)=O)[C@@H](O)[C@H](O[C@H]4O[C@H](CO)[C@@H](O[C@@H]5O[C@H](CO)[C@@H](O[C@@H]6O[C@H](CO)[C@H](O)[C@H](O)[C@H]6O)[C@H](O)[C@H]5NC(C)=O)[C@H](O)[C@@H]4O[C@@H]4O[C@H](CO)[C@@H](O[C@@H]5O[C@H](CO)[C@H](O)[C@H](O)[C@H]5O)[C@H](O)[C@H]4NC(C)=O)[C@@H]3O)[C@H](O)[C@H]2NC(C)=O)[C@@H](CO[C@H]2O[C@@H](C)[C@@H](O)[C@@H](O)[C@@H]2O)O[C@H]1O. The first-order valence-electron chi connectivity index (χ1n) is 43.5. The monoisotopic (exact) mass is 1990 g/mol. The molecule has 0 aromatic rings. The third-order valence-electron chi connectivity index (χ3n) is 24.9. The quantitative estimate of drug-likeness (QED) is 0.0280. The molecule has 11 aliphatic rings. The standard InChI is InChI=1S/C76H127N5O55/c1-17-38(95)49(106)53(110)71(118-17)116-16-32-62(45(102)33(66(115)119-32)77-18(2)90)130-69-36(80-21(5)93)47(104)60(29(13-88)125-69)133-74-57(114)63(43(100)31(128-74)15-117-75-64(52(109)42(99)26(10-85)123-75)135-67-34(78-19(3)91)44(101)39(96)23(7-82)120-67)134-76-65(136-70-37(81-22(6)94)48(105)59(28(12-87)126-70)132-73-55(112)51(108)41(98)25(9-84)122-73)56(113)61(30(14-89)127-76)129-68-35(79-20(4)92)46(103)58(27(11-86)124-68)131-72-54(111)50(107)40(97)24(8-83)121-72/h17,23-76,82-89,95-115H,7-16H2,1-6H3,(H,77,90)(H,78,91)(H,79,92)(H,80,93)(H,81,94)/t17-,23+,24+,25+,26+,27+,28+,29+,30+,31+,32+,33+,34+,35+,36+,37+,38+,39+,40-,41-,42+,43+,44+,45+,46+,47+,48+,49+,50-,51-,52-,53-,54+,55+,56-,57-,58+,59+,60+,61+,62+,63-,64-,65-,66+,67-,68-,69-,70-,71-,72-,73-,74-,75-,76+/m0/s1. The highest BCUT2D eigenvalue weighted by Crippen LogP contribution is 2.42. The molecule has 0 bridgehead atoms. The molecule has 0 aliphatic carbocycles. The van der Waals surface area contributed by atoms with Gasteiger partial charge < -0.3 is 274 Å². The van der Waals surface area contributed by atoms with Crippen LogP contribution in [-0.2, 0) is 123 Å². The number of amides is 5. The minimum atomic E-state index is -2.75. The second-order valence-electron chi connectivity index (χ2n) is 34.5. The van der Waals surface area contributed by atoms with Crippen LogP contribution >= 0.6 is 0 Å². The second-order valence-corrected chi connectivity index (χ2v) is 34.5. The predicted molar refractivity (Wildman–Crippen MR) is 419 cm³/mol. The van der Waals surface area contributed by atoms with Crippen LogP contribution in [0, 0.1) is 0 Å². The summed E-state index contributed by atoms with van der Waals surface area (Å²) in [4.78, 5) is 65.2. The van der Waals surface area contributed by atoms with Crippen molar-refractivity contribution in [3.8, 4) is 0 Å². The summed E-state index contributed by atoms with van der Waals surface area (Å²) in [6, 6.07) is -9.88. The van der Waals surface area contributed by atoms with E-state index in [2.05, 4.69) is 26.6 Å². The zero-order chi connectivity index (χ0) is 100. The molecule has 5 amide bonds. The van der Waals surface area contributed by atoms with Crippen LogP contribution in [0.3, 0.4) is 0 Å². The van der Waals surface area contributed by atoms with Crippen LogP contribution in [-0.4, -0.2) is 581 Å². The van der Waals surface area contributed by atoms with E-state index in [-0.39, 0.29) is 0 Å². The summed E-state index contributed by atoms with van der Waals surface area (Å²) in [7, 11) is 0. The van der Waals surface area contributed by atoms with Gasteiger partial charge in [-0.05, 0) is 6.92 Å². The van der Waals surface area contributed by atoms with Gasteiger partial charge in [-0.25, -0.2) is 0 Å². The van der Waals surface area contributed by atoms with Gasteiger partial charge in [-0.15, -0.1) is 0 Å². The first-order valence-corrected chi connectivity index (χ1v) is 43.5. The van der Waals surface area contributed by atoms with Crippen LogP contribution in [0.1, 0.15) is 41.5 Å². The van der Waals surface area contributed by atoms with Gasteiger partial charge in [0.2, 0.25) is 29.5 Å². The molecule has 0 unspecified atom stereocenters. The smallest absolute Gasteiger partial charge is 0.217 e. The van der Waals surface area contributed by atoms with E-state index >= 15 is 0 Å². The normalized spacial score (nSPS) is 49.2. The Kier molecular flexibility index (Phi) is 40.1. The number of carbonyl (C=O) groups excluding carboxylic acids is 5. The number of aliphatic hydroxyl groups excluding tert-OH is 29. The van der Waals surface area contributed by atoms with Gasteiger partial charge in [0.25, 0.3) is 0 Å². The van der Waals surface area contributed by atoms with E-state index in [1.54, 1.807) is 0 Å². The van der Waals surface area contributed by atoms with Crippen molar-refractivity contribution < 1.29 is 272 Å². The van der Waals surface area contributed by atoms with Gasteiger partial charge in [0.1, 0.15) is 262 Å². The summed E-state index contributed by atoms with van der Waals surface area (Å²) in [6.45, 7) is -5.70. The lowest BCUT2D eigenvalue weighted by Gasteiger charge is -2.52. The van der Waals surface area contributed by atoms with E-state index in [4.69, 9.17) is 99.5 Å². The van der Waals surface area contributed by atoms with Gasteiger partial charge in [-0.1, -0.05) is 0 Å². The van der Waals surface area contributed by atoms with E-state index in [1.165, 1.54) is 6.92 Å². The number of nitrogens with one attached hydrogen (secondary N) is 5. The van der Waals surface area contributed by atoms with Crippen molar-refractivity contribution in [3.05, 3.63) is 0 Å². The summed E-state index contributed by atoms with van der Waals surface area (Å²) < 4.78 is 127. The molecule has 0 saturated carbocycles. The molecule has 11 heterocycles. The molecule has 11 fully saturated rings. The topological polar surface area (TPSA) is 926 Å². The van der Waals surface area contributed by atoms with Crippen LogP contribution < -0.4 is 26.6 Å². The highest BCUT2D eigenvalue weighted by Gasteiger charge is 2.63. The molecule has 55 atom stereocenters. The Morgan fingerprint density at radius 3 is 0.860 bits per heavy atom. The second kappa shape index (κ2) is 48.8. The minimum absolute atomic E-state index is 0.870. The van der Waals surface area contributed by atoms with Crippen molar-refractivity contribution >= 4 is 29.5 Å². The Morgan fingerprint density at radius 2 is 0.463 bits per heavy atom. The van der Waals surface area contributed by atoms with Crippen LogP contribution in [0.5, 0.6) is 0 Å². The highest BCUT2D eigenvalue weighted by atomic mass is 16.8. The zero-order valence-corrected chi connectivity index (χ0v) is 73.4. The minimum Gasteiger partial charge on any atom is -0.394 e. The summed E-state index contributed by atoms with van der Waals surface area (Å²) >= 11 is 0. The fraction of sp³-hybridized carbons (Fsp3) is 0.934. The van der Waals surface area contributed by atoms with E-state index in [0.717, 1.165) is 34.6 Å². The van der Waals surface area contributed by atoms with Crippen molar-refractivity contribution in [2.45, 2.75) is 379 Å². The fourth-order valence-corrected chi connectivity index (χ4v) is 17.7. The van der Waals surface area contributed by atoms with Crippen LogP contribution in [0.25, 0.3) is 0 Å². The molecule has 60 heteroatoms.